The molecule has 8 heteroatoms. The maximum atomic E-state index is 12.0. The molecular formula is C12H20N2O4S2. The molecule has 0 aliphatic rings. The molecule has 1 aromatic rings. The van der Waals surface area contributed by atoms with Gasteiger partial charge in [0.05, 0.1) is 17.6 Å². The van der Waals surface area contributed by atoms with Crippen molar-refractivity contribution < 1.29 is 17.9 Å². The van der Waals surface area contributed by atoms with Gasteiger partial charge in [-0.05, 0) is 34.6 Å². The van der Waals surface area contributed by atoms with Gasteiger partial charge in [-0.25, -0.2) is 13.4 Å². The molecule has 1 rings (SSSR count). The van der Waals surface area contributed by atoms with Crippen LogP contribution in [0.2, 0.25) is 0 Å². The van der Waals surface area contributed by atoms with Crippen molar-refractivity contribution in [2.75, 3.05) is 11.8 Å². The quantitative estimate of drug-likeness (QED) is 0.859. The topological polar surface area (TPSA) is 85.4 Å². The summed E-state index contributed by atoms with van der Waals surface area (Å²) in [4.78, 5) is 15.9. The van der Waals surface area contributed by atoms with Crippen molar-refractivity contribution in [3.8, 4) is 0 Å². The summed E-state index contributed by atoms with van der Waals surface area (Å²) in [5.41, 5.74) is -0.447. The summed E-state index contributed by atoms with van der Waals surface area (Å²) in [6, 6.07) is 0. The Kier molecular flexibility index (Phi) is 4.50. The molecule has 0 aliphatic heterocycles. The van der Waals surface area contributed by atoms with E-state index in [0.29, 0.717) is 5.69 Å². The lowest BCUT2D eigenvalue weighted by molar-refractivity contribution is -0.146. The molecule has 0 atom stereocenters. The molecule has 0 saturated carbocycles. The average Bonchev–Trinajstić information content (AvgIpc) is 2.74. The van der Waals surface area contributed by atoms with Gasteiger partial charge >= 0.3 is 5.97 Å². The fraction of sp³-hybridized carbons (Fsp3) is 0.667. The van der Waals surface area contributed by atoms with Crippen LogP contribution in [0, 0.1) is 0 Å². The number of esters is 1. The summed E-state index contributed by atoms with van der Waals surface area (Å²) in [6.45, 7) is 8.15. The third-order valence-corrected chi connectivity index (χ3v) is 5.83. The van der Waals surface area contributed by atoms with Gasteiger partial charge in [0.2, 0.25) is 10.0 Å². The third kappa shape index (κ3) is 3.29. The predicted octanol–water partition coefficient (Wildman–Crippen LogP) is 2.13. The van der Waals surface area contributed by atoms with E-state index in [1.165, 1.54) is 7.11 Å². The van der Waals surface area contributed by atoms with E-state index in [1.807, 2.05) is 0 Å². The van der Waals surface area contributed by atoms with Gasteiger partial charge in [-0.15, -0.1) is 11.3 Å². The third-order valence-electron chi connectivity index (χ3n) is 2.87. The number of nitrogens with one attached hydrogen (secondary N) is 1. The van der Waals surface area contributed by atoms with Crippen molar-refractivity contribution in [1.29, 1.82) is 0 Å². The minimum Gasteiger partial charge on any atom is -0.468 e. The first kappa shape index (κ1) is 16.9. The summed E-state index contributed by atoms with van der Waals surface area (Å²) in [6.07, 6.45) is 0. The average molecular weight is 320 g/mol. The normalized spacial score (nSPS) is 13.1. The Morgan fingerprint density at radius 1 is 1.30 bits per heavy atom. The van der Waals surface area contributed by atoms with E-state index in [2.05, 4.69) is 9.71 Å². The molecule has 0 unspecified atom stereocenters. The number of aromatic nitrogens is 1. The zero-order valence-corrected chi connectivity index (χ0v) is 14.1. The monoisotopic (exact) mass is 320 g/mol. The van der Waals surface area contributed by atoms with Crippen LogP contribution in [0.5, 0.6) is 0 Å². The van der Waals surface area contributed by atoms with Crippen LogP contribution in [0.4, 0.5) is 5.13 Å². The molecule has 0 spiro atoms. The fourth-order valence-electron chi connectivity index (χ4n) is 1.24. The van der Waals surface area contributed by atoms with E-state index in [-0.39, 0.29) is 5.13 Å². The van der Waals surface area contributed by atoms with Crippen molar-refractivity contribution >= 4 is 32.5 Å². The van der Waals surface area contributed by atoms with Crippen LogP contribution in [0.15, 0.2) is 5.38 Å². The number of rotatable bonds is 4. The van der Waals surface area contributed by atoms with E-state index in [1.54, 1.807) is 40.0 Å². The first-order valence-corrected chi connectivity index (χ1v) is 8.35. The lowest BCUT2D eigenvalue weighted by atomic mass is 9.90. The first-order chi connectivity index (χ1) is 8.91. The Hall–Kier alpha value is -1.15. The van der Waals surface area contributed by atoms with Crippen molar-refractivity contribution in [1.82, 2.24) is 4.98 Å². The van der Waals surface area contributed by atoms with Crippen LogP contribution in [0.1, 0.15) is 40.3 Å². The first-order valence-electron chi connectivity index (χ1n) is 5.98. The molecule has 20 heavy (non-hydrogen) atoms. The molecule has 0 amide bonds. The van der Waals surface area contributed by atoms with Gasteiger partial charge in [0.15, 0.2) is 5.13 Å². The number of nitrogens with zero attached hydrogens (tertiary/aromatic N) is 1. The smallest absolute Gasteiger partial charge is 0.317 e. The van der Waals surface area contributed by atoms with Crippen molar-refractivity contribution in [3.05, 3.63) is 11.1 Å². The van der Waals surface area contributed by atoms with Crippen LogP contribution in [0.3, 0.4) is 0 Å². The summed E-state index contributed by atoms with van der Waals surface area (Å²) >= 11 is 1.14. The summed E-state index contributed by atoms with van der Waals surface area (Å²) in [5, 5.41) is 1.89. The van der Waals surface area contributed by atoms with Gasteiger partial charge in [0, 0.05) is 5.38 Å². The van der Waals surface area contributed by atoms with Crippen LogP contribution < -0.4 is 4.72 Å². The zero-order chi connectivity index (χ0) is 15.8. The van der Waals surface area contributed by atoms with E-state index in [4.69, 9.17) is 4.74 Å². The second-order valence-electron chi connectivity index (χ2n) is 5.87. The minimum atomic E-state index is -3.53. The van der Waals surface area contributed by atoms with Gasteiger partial charge in [-0.2, -0.15) is 0 Å². The second kappa shape index (κ2) is 5.33. The molecule has 114 valence electrons. The molecule has 1 N–H and O–H groups in total. The summed E-state index contributed by atoms with van der Waals surface area (Å²) in [5.74, 6) is -0.423. The molecule has 1 heterocycles. The molecule has 0 aromatic carbocycles. The number of sulfonamides is 1. The van der Waals surface area contributed by atoms with Gasteiger partial charge < -0.3 is 4.74 Å². The number of carbonyl (C=O) groups is 1. The van der Waals surface area contributed by atoms with Crippen molar-refractivity contribution in [3.63, 3.8) is 0 Å². The number of thiazole rings is 1. The largest absolute Gasteiger partial charge is 0.468 e. The molecule has 0 aliphatic carbocycles. The summed E-state index contributed by atoms with van der Waals surface area (Å²) in [7, 11) is -2.22. The van der Waals surface area contributed by atoms with E-state index in [0.717, 1.165) is 11.3 Å². The lowest BCUT2D eigenvalue weighted by Gasteiger charge is -2.20. The zero-order valence-electron chi connectivity index (χ0n) is 12.5. The fourth-order valence-corrected chi connectivity index (χ4v) is 3.06. The molecule has 0 fully saturated rings. The lowest BCUT2D eigenvalue weighted by Crippen LogP contribution is -2.34. The van der Waals surface area contributed by atoms with Crippen LogP contribution in [0.25, 0.3) is 0 Å². The number of hydrogen-bond donors (Lipinski definition) is 1. The highest BCUT2D eigenvalue weighted by atomic mass is 32.2. The number of hydrogen-bond acceptors (Lipinski definition) is 6. The molecular weight excluding hydrogens is 300 g/mol. The summed E-state index contributed by atoms with van der Waals surface area (Å²) < 4.78 is 30.3. The van der Waals surface area contributed by atoms with Crippen LogP contribution in [-0.2, 0) is 25.0 Å². The highest BCUT2D eigenvalue weighted by molar-refractivity contribution is 7.94. The Morgan fingerprint density at radius 3 is 2.30 bits per heavy atom. The van der Waals surface area contributed by atoms with E-state index < -0.39 is 26.2 Å². The molecule has 6 nitrogen and oxygen atoms in total. The standard InChI is InChI=1S/C12H20N2O4S2/c1-11(2,3)20(16,17)14-10-13-8(7-19-10)12(4,5)9(15)18-6/h7H,1-6H3,(H,13,14). The van der Waals surface area contributed by atoms with Gasteiger partial charge in [-0.3, -0.25) is 9.52 Å². The van der Waals surface area contributed by atoms with Crippen LogP contribution >= 0.6 is 11.3 Å². The number of anilines is 1. The predicted molar refractivity (Wildman–Crippen MR) is 79.5 cm³/mol. The Labute approximate surface area is 123 Å². The maximum Gasteiger partial charge on any atom is 0.317 e. The molecule has 0 bridgehead atoms. The highest BCUT2D eigenvalue weighted by Gasteiger charge is 2.35. The highest BCUT2D eigenvalue weighted by Crippen LogP contribution is 2.29. The molecule has 1 aromatic heterocycles. The Balaban J connectivity index is 3.03. The number of ether oxygens (including phenoxy) is 1. The van der Waals surface area contributed by atoms with Crippen molar-refractivity contribution in [2.24, 2.45) is 0 Å². The number of methoxy groups -OCH3 is 1. The second-order valence-corrected chi connectivity index (χ2v) is 9.17. The van der Waals surface area contributed by atoms with Crippen LogP contribution in [-0.4, -0.2) is 31.2 Å². The SMILES string of the molecule is COC(=O)C(C)(C)c1csc(NS(=O)(=O)C(C)(C)C)n1. The number of carbonyl (C=O) groups excluding carboxylic acids is 1. The molecule has 0 radical (unpaired) electrons. The van der Waals surface area contributed by atoms with E-state index >= 15 is 0 Å². The van der Waals surface area contributed by atoms with E-state index in [9.17, 15) is 13.2 Å². The van der Waals surface area contributed by atoms with Crippen molar-refractivity contribution in [2.45, 2.75) is 44.8 Å². The Bertz CT molecular complexity index is 597. The van der Waals surface area contributed by atoms with Gasteiger partial charge in [0.1, 0.15) is 5.41 Å². The molecule has 0 saturated heterocycles. The van der Waals surface area contributed by atoms with Gasteiger partial charge in [-0.1, -0.05) is 0 Å². The Morgan fingerprint density at radius 2 is 1.85 bits per heavy atom. The minimum absolute atomic E-state index is 0.243. The maximum absolute atomic E-state index is 12.0. The van der Waals surface area contributed by atoms with Gasteiger partial charge in [0.25, 0.3) is 0 Å².